The van der Waals surface area contributed by atoms with Crippen LogP contribution in [0.25, 0.3) is 0 Å². The lowest BCUT2D eigenvalue weighted by atomic mass is 10.1. The summed E-state index contributed by atoms with van der Waals surface area (Å²) in [5.41, 5.74) is 7.36. The normalized spacial score (nSPS) is 14.9. The van der Waals surface area contributed by atoms with Gasteiger partial charge in [-0.05, 0) is 24.6 Å². The molecule has 0 aliphatic carbocycles. The highest BCUT2D eigenvalue weighted by Gasteiger charge is 2.16. The lowest BCUT2D eigenvalue weighted by Gasteiger charge is -2.27. The topological polar surface area (TPSA) is 87.5 Å². The van der Waals surface area contributed by atoms with E-state index < -0.39 is 5.91 Å². The number of amides is 2. The number of anilines is 1. The van der Waals surface area contributed by atoms with Crippen LogP contribution in [0.5, 0.6) is 0 Å². The van der Waals surface area contributed by atoms with Crippen LogP contribution in [0.15, 0.2) is 18.2 Å². The number of benzene rings is 1. The fourth-order valence-electron chi connectivity index (χ4n) is 2.22. The number of hydrogen-bond acceptors (Lipinski definition) is 4. The fourth-order valence-corrected chi connectivity index (χ4v) is 2.22. The minimum absolute atomic E-state index is 0.0310. The molecule has 2 amide bonds. The molecule has 0 unspecified atom stereocenters. The number of piperazine rings is 1. The number of carbonyl (C=O) groups is 2. The van der Waals surface area contributed by atoms with Crippen molar-refractivity contribution in [1.29, 1.82) is 0 Å². The molecule has 1 saturated heterocycles. The molecular formula is C14H20N4O2. The zero-order valence-electron chi connectivity index (χ0n) is 11.6. The van der Waals surface area contributed by atoms with Gasteiger partial charge in [-0.1, -0.05) is 6.07 Å². The Morgan fingerprint density at radius 1 is 1.35 bits per heavy atom. The van der Waals surface area contributed by atoms with Crippen molar-refractivity contribution >= 4 is 17.5 Å². The van der Waals surface area contributed by atoms with Gasteiger partial charge in [0.25, 0.3) is 5.91 Å². The van der Waals surface area contributed by atoms with E-state index in [-0.39, 0.29) is 12.5 Å². The summed E-state index contributed by atoms with van der Waals surface area (Å²) in [7, 11) is 0. The molecule has 0 spiro atoms. The number of nitrogens with zero attached hydrogens (tertiary/aromatic N) is 1. The number of nitrogens with two attached hydrogens (primary N) is 1. The highest BCUT2D eigenvalue weighted by molar-refractivity contribution is 5.99. The lowest BCUT2D eigenvalue weighted by molar-refractivity contribution is -0.129. The number of nitrogens with one attached hydrogen (secondary N) is 2. The molecule has 20 heavy (non-hydrogen) atoms. The van der Waals surface area contributed by atoms with E-state index in [1.54, 1.807) is 6.07 Å². The van der Waals surface area contributed by atoms with E-state index in [4.69, 9.17) is 5.73 Å². The largest absolute Gasteiger partial charge is 0.375 e. The molecular weight excluding hydrogens is 256 g/mol. The first-order valence-electron chi connectivity index (χ1n) is 6.71. The molecule has 2 rings (SSSR count). The summed E-state index contributed by atoms with van der Waals surface area (Å²) in [4.78, 5) is 25.2. The Morgan fingerprint density at radius 3 is 2.70 bits per heavy atom. The molecule has 1 heterocycles. The Labute approximate surface area is 118 Å². The van der Waals surface area contributed by atoms with Gasteiger partial charge in [0.15, 0.2) is 0 Å². The van der Waals surface area contributed by atoms with Gasteiger partial charge in [-0.25, -0.2) is 0 Å². The highest BCUT2D eigenvalue weighted by atomic mass is 16.2. The predicted octanol–water partition coefficient (Wildman–Crippen LogP) is -0.0624. The van der Waals surface area contributed by atoms with Crippen molar-refractivity contribution in [3.05, 3.63) is 29.3 Å². The summed E-state index contributed by atoms with van der Waals surface area (Å²) < 4.78 is 0. The first-order chi connectivity index (χ1) is 9.58. The standard InChI is InChI=1S/C14H20N4O2/c1-10-2-3-11(14(15)20)12(8-10)17-9-13(19)18-6-4-16-5-7-18/h2-3,8,16-17H,4-7,9H2,1H3,(H2,15,20). The minimum atomic E-state index is -0.498. The molecule has 1 fully saturated rings. The number of hydrogen-bond donors (Lipinski definition) is 3. The van der Waals surface area contributed by atoms with E-state index in [1.807, 2.05) is 24.0 Å². The van der Waals surface area contributed by atoms with Gasteiger partial charge in [0, 0.05) is 31.9 Å². The lowest BCUT2D eigenvalue weighted by Crippen LogP contribution is -2.48. The highest BCUT2D eigenvalue weighted by Crippen LogP contribution is 2.17. The molecule has 0 bridgehead atoms. The van der Waals surface area contributed by atoms with E-state index in [0.717, 1.165) is 31.7 Å². The van der Waals surface area contributed by atoms with Crippen molar-refractivity contribution in [2.75, 3.05) is 38.0 Å². The van der Waals surface area contributed by atoms with Crippen LogP contribution in [0.1, 0.15) is 15.9 Å². The molecule has 4 N–H and O–H groups in total. The van der Waals surface area contributed by atoms with Crippen LogP contribution < -0.4 is 16.4 Å². The van der Waals surface area contributed by atoms with E-state index in [2.05, 4.69) is 10.6 Å². The van der Waals surface area contributed by atoms with Gasteiger partial charge < -0.3 is 21.3 Å². The van der Waals surface area contributed by atoms with E-state index in [0.29, 0.717) is 11.3 Å². The number of primary amides is 1. The molecule has 6 nitrogen and oxygen atoms in total. The van der Waals surface area contributed by atoms with Gasteiger partial charge >= 0.3 is 0 Å². The Hall–Kier alpha value is -2.08. The average molecular weight is 276 g/mol. The van der Waals surface area contributed by atoms with Crippen LogP contribution in [-0.2, 0) is 4.79 Å². The first kappa shape index (κ1) is 14.3. The summed E-state index contributed by atoms with van der Waals surface area (Å²) >= 11 is 0. The Morgan fingerprint density at radius 2 is 2.05 bits per heavy atom. The van der Waals surface area contributed by atoms with Crippen molar-refractivity contribution in [3.63, 3.8) is 0 Å². The van der Waals surface area contributed by atoms with Crippen molar-refractivity contribution in [1.82, 2.24) is 10.2 Å². The second-order valence-electron chi connectivity index (χ2n) is 4.90. The molecule has 1 aromatic carbocycles. The number of rotatable bonds is 4. The molecule has 6 heteroatoms. The van der Waals surface area contributed by atoms with Gasteiger partial charge in [0.2, 0.25) is 5.91 Å². The monoisotopic (exact) mass is 276 g/mol. The van der Waals surface area contributed by atoms with Crippen molar-refractivity contribution in [2.24, 2.45) is 5.73 Å². The molecule has 0 atom stereocenters. The summed E-state index contributed by atoms with van der Waals surface area (Å²) in [6.07, 6.45) is 0. The summed E-state index contributed by atoms with van der Waals surface area (Å²) in [6, 6.07) is 5.32. The second-order valence-corrected chi connectivity index (χ2v) is 4.90. The molecule has 108 valence electrons. The quantitative estimate of drug-likeness (QED) is 0.719. The SMILES string of the molecule is Cc1ccc(C(N)=O)c(NCC(=O)N2CCNCC2)c1. The second kappa shape index (κ2) is 6.38. The van der Waals surface area contributed by atoms with E-state index in [9.17, 15) is 9.59 Å². The summed E-state index contributed by atoms with van der Waals surface area (Å²) in [6.45, 7) is 5.18. The van der Waals surface area contributed by atoms with Gasteiger partial charge in [0.1, 0.15) is 0 Å². The third-order valence-corrected chi connectivity index (χ3v) is 3.34. The number of aryl methyl sites for hydroxylation is 1. The average Bonchev–Trinajstić information content (AvgIpc) is 2.45. The van der Waals surface area contributed by atoms with Crippen LogP contribution in [0.2, 0.25) is 0 Å². The number of carbonyl (C=O) groups excluding carboxylic acids is 2. The molecule has 1 aliphatic heterocycles. The Kier molecular flexibility index (Phi) is 4.57. The van der Waals surface area contributed by atoms with Crippen molar-refractivity contribution in [3.8, 4) is 0 Å². The minimum Gasteiger partial charge on any atom is -0.375 e. The van der Waals surface area contributed by atoms with Crippen LogP contribution in [0.3, 0.4) is 0 Å². The van der Waals surface area contributed by atoms with E-state index >= 15 is 0 Å². The maximum absolute atomic E-state index is 12.1. The third-order valence-electron chi connectivity index (χ3n) is 3.34. The summed E-state index contributed by atoms with van der Waals surface area (Å²) in [5.74, 6) is -0.467. The zero-order valence-corrected chi connectivity index (χ0v) is 11.6. The molecule has 0 aromatic heterocycles. The molecule has 0 radical (unpaired) electrons. The zero-order chi connectivity index (χ0) is 14.5. The van der Waals surface area contributed by atoms with Gasteiger partial charge in [0.05, 0.1) is 12.1 Å². The maximum atomic E-state index is 12.1. The predicted molar refractivity (Wildman–Crippen MR) is 77.6 cm³/mol. The summed E-state index contributed by atoms with van der Waals surface area (Å²) in [5, 5.41) is 6.22. The third kappa shape index (κ3) is 3.48. The van der Waals surface area contributed by atoms with E-state index in [1.165, 1.54) is 0 Å². The molecule has 1 aromatic rings. The smallest absolute Gasteiger partial charge is 0.250 e. The van der Waals surface area contributed by atoms with Crippen LogP contribution in [-0.4, -0.2) is 49.4 Å². The maximum Gasteiger partial charge on any atom is 0.250 e. The van der Waals surface area contributed by atoms with Gasteiger partial charge in [-0.2, -0.15) is 0 Å². The fraction of sp³-hybridized carbons (Fsp3) is 0.429. The Balaban J connectivity index is 2.01. The van der Waals surface area contributed by atoms with Crippen molar-refractivity contribution < 1.29 is 9.59 Å². The van der Waals surface area contributed by atoms with Gasteiger partial charge in [-0.15, -0.1) is 0 Å². The first-order valence-corrected chi connectivity index (χ1v) is 6.71. The van der Waals surface area contributed by atoms with Crippen molar-refractivity contribution in [2.45, 2.75) is 6.92 Å². The van der Waals surface area contributed by atoms with Crippen LogP contribution in [0, 0.1) is 6.92 Å². The molecule has 0 saturated carbocycles. The van der Waals surface area contributed by atoms with Crippen LogP contribution in [0.4, 0.5) is 5.69 Å². The van der Waals surface area contributed by atoms with Crippen LogP contribution >= 0.6 is 0 Å². The van der Waals surface area contributed by atoms with Gasteiger partial charge in [-0.3, -0.25) is 9.59 Å². The Bertz CT molecular complexity index is 510. The molecule has 1 aliphatic rings.